The molecule has 0 N–H and O–H groups in total. The van der Waals surface area contributed by atoms with Crippen LogP contribution < -0.4 is 0 Å². The molecule has 2 unspecified atom stereocenters. The maximum Gasteiger partial charge on any atom is 0.0940 e. The van der Waals surface area contributed by atoms with Crippen molar-refractivity contribution in [3.05, 3.63) is 16.1 Å². The van der Waals surface area contributed by atoms with E-state index >= 15 is 0 Å². The van der Waals surface area contributed by atoms with E-state index in [1.165, 1.54) is 49.7 Å². The topological polar surface area (TPSA) is 19.4 Å². The molecule has 1 aromatic rings. The summed E-state index contributed by atoms with van der Waals surface area (Å²) in [7, 11) is 0. The number of aromatic nitrogens is 1. The van der Waals surface area contributed by atoms with Crippen molar-refractivity contribution in [1.29, 1.82) is 0 Å². The second-order valence-corrected chi connectivity index (χ2v) is 6.71. The molecule has 0 bridgehead atoms. The molecule has 3 heterocycles. The van der Waals surface area contributed by atoms with Gasteiger partial charge in [0, 0.05) is 49.2 Å². The van der Waals surface area contributed by atoms with E-state index in [1.54, 1.807) is 0 Å². The summed E-state index contributed by atoms with van der Waals surface area (Å²) in [4.78, 5) is 9.93. The number of fused-ring (bicyclic) bond motifs is 1. The molecule has 2 saturated heterocycles. The van der Waals surface area contributed by atoms with Crippen molar-refractivity contribution in [2.45, 2.75) is 45.2 Å². The van der Waals surface area contributed by atoms with E-state index in [2.05, 4.69) is 34.0 Å². The highest BCUT2D eigenvalue weighted by Crippen LogP contribution is 2.24. The quantitative estimate of drug-likeness (QED) is 0.835. The van der Waals surface area contributed by atoms with E-state index < -0.39 is 0 Å². The molecular formula is C14H23N3S. The fourth-order valence-electron chi connectivity index (χ4n) is 3.32. The zero-order valence-electron chi connectivity index (χ0n) is 11.4. The lowest BCUT2D eigenvalue weighted by Crippen LogP contribution is -2.55. The predicted molar refractivity (Wildman–Crippen MR) is 76.2 cm³/mol. The molecule has 1 aromatic heterocycles. The summed E-state index contributed by atoms with van der Waals surface area (Å²) >= 11 is 1.81. The zero-order chi connectivity index (χ0) is 12.5. The second kappa shape index (κ2) is 5.27. The van der Waals surface area contributed by atoms with Crippen LogP contribution in [0.3, 0.4) is 0 Å². The van der Waals surface area contributed by atoms with Crippen LogP contribution in [0.4, 0.5) is 0 Å². The van der Waals surface area contributed by atoms with E-state index in [-0.39, 0.29) is 0 Å². The third-order valence-electron chi connectivity index (χ3n) is 4.35. The van der Waals surface area contributed by atoms with Gasteiger partial charge < -0.3 is 0 Å². The van der Waals surface area contributed by atoms with Crippen LogP contribution in [0.15, 0.2) is 5.38 Å². The molecule has 2 aliphatic heterocycles. The SMILES string of the molecule is Cc1csc(CCN2CC3CCCN3CC2C)n1. The zero-order valence-corrected chi connectivity index (χ0v) is 12.2. The largest absolute Gasteiger partial charge is 0.298 e. The average molecular weight is 265 g/mol. The van der Waals surface area contributed by atoms with Gasteiger partial charge in [0.2, 0.25) is 0 Å². The molecule has 0 radical (unpaired) electrons. The van der Waals surface area contributed by atoms with E-state index in [4.69, 9.17) is 0 Å². The number of thiazole rings is 1. The molecule has 4 heteroatoms. The molecule has 0 aromatic carbocycles. The standard InChI is InChI=1S/C14H23N3S/c1-11-10-18-14(15-11)5-7-16-9-13-4-3-6-17(13)8-12(16)2/h10,12-13H,3-9H2,1-2H3. The predicted octanol–water partition coefficient (Wildman–Crippen LogP) is 2.16. The smallest absolute Gasteiger partial charge is 0.0940 e. The van der Waals surface area contributed by atoms with E-state index in [0.717, 1.165) is 12.5 Å². The van der Waals surface area contributed by atoms with Gasteiger partial charge in [0.15, 0.2) is 0 Å². The first-order chi connectivity index (χ1) is 8.72. The molecule has 0 saturated carbocycles. The van der Waals surface area contributed by atoms with Crippen molar-refractivity contribution in [3.8, 4) is 0 Å². The van der Waals surface area contributed by atoms with Gasteiger partial charge in [-0.1, -0.05) is 0 Å². The Kier molecular flexibility index (Phi) is 3.68. The number of aryl methyl sites for hydroxylation is 1. The molecule has 0 spiro atoms. The molecule has 2 atom stereocenters. The maximum absolute atomic E-state index is 4.57. The highest BCUT2D eigenvalue weighted by atomic mass is 32.1. The fourth-order valence-corrected chi connectivity index (χ4v) is 4.08. The summed E-state index contributed by atoms with van der Waals surface area (Å²) in [6, 6.07) is 1.54. The summed E-state index contributed by atoms with van der Waals surface area (Å²) in [6.07, 6.45) is 3.92. The molecule has 18 heavy (non-hydrogen) atoms. The molecule has 2 aliphatic rings. The lowest BCUT2D eigenvalue weighted by molar-refractivity contribution is 0.0605. The van der Waals surface area contributed by atoms with Crippen LogP contribution in [0.1, 0.15) is 30.5 Å². The van der Waals surface area contributed by atoms with Crippen LogP contribution in [0, 0.1) is 6.92 Å². The van der Waals surface area contributed by atoms with Crippen molar-refractivity contribution in [3.63, 3.8) is 0 Å². The molecule has 3 nitrogen and oxygen atoms in total. The molecule has 0 amide bonds. The van der Waals surface area contributed by atoms with E-state index in [1.807, 2.05) is 11.3 Å². The highest BCUT2D eigenvalue weighted by Gasteiger charge is 2.33. The van der Waals surface area contributed by atoms with Crippen molar-refractivity contribution < 1.29 is 0 Å². The molecule has 100 valence electrons. The van der Waals surface area contributed by atoms with Crippen LogP contribution in [0.2, 0.25) is 0 Å². The first-order valence-corrected chi connectivity index (χ1v) is 7.99. The summed E-state index contributed by atoms with van der Waals surface area (Å²) < 4.78 is 0. The third kappa shape index (κ3) is 2.60. The Morgan fingerprint density at radius 1 is 1.44 bits per heavy atom. The van der Waals surface area contributed by atoms with Crippen molar-refractivity contribution in [2.24, 2.45) is 0 Å². The lowest BCUT2D eigenvalue weighted by atomic mass is 10.1. The summed E-state index contributed by atoms with van der Waals surface area (Å²) in [5.74, 6) is 0. The monoisotopic (exact) mass is 265 g/mol. The van der Waals surface area contributed by atoms with Crippen LogP contribution in [0.5, 0.6) is 0 Å². The molecule has 2 fully saturated rings. The number of rotatable bonds is 3. The Labute approximate surface area is 114 Å². The minimum absolute atomic E-state index is 0.709. The normalized spacial score (nSPS) is 29.7. The second-order valence-electron chi connectivity index (χ2n) is 5.77. The lowest BCUT2D eigenvalue weighted by Gasteiger charge is -2.42. The first kappa shape index (κ1) is 12.6. The highest BCUT2D eigenvalue weighted by molar-refractivity contribution is 7.09. The molecular weight excluding hydrogens is 242 g/mol. The van der Waals surface area contributed by atoms with Gasteiger partial charge in [-0.05, 0) is 33.2 Å². The van der Waals surface area contributed by atoms with Gasteiger partial charge in [-0.3, -0.25) is 9.80 Å². The maximum atomic E-state index is 4.57. The average Bonchev–Trinajstić information content (AvgIpc) is 2.94. The number of hydrogen-bond donors (Lipinski definition) is 0. The van der Waals surface area contributed by atoms with Crippen LogP contribution in [-0.2, 0) is 6.42 Å². The number of nitrogens with zero attached hydrogens (tertiary/aromatic N) is 3. The Balaban J connectivity index is 1.55. The van der Waals surface area contributed by atoms with Gasteiger partial charge in [0.1, 0.15) is 0 Å². The van der Waals surface area contributed by atoms with Crippen LogP contribution in [-0.4, -0.2) is 53.0 Å². The minimum Gasteiger partial charge on any atom is -0.298 e. The van der Waals surface area contributed by atoms with Crippen molar-refractivity contribution in [1.82, 2.24) is 14.8 Å². The minimum atomic E-state index is 0.709. The first-order valence-electron chi connectivity index (χ1n) is 7.11. The van der Waals surface area contributed by atoms with Gasteiger partial charge in [-0.2, -0.15) is 0 Å². The summed E-state index contributed by atoms with van der Waals surface area (Å²) in [5, 5.41) is 3.46. The van der Waals surface area contributed by atoms with Gasteiger partial charge in [0.25, 0.3) is 0 Å². The van der Waals surface area contributed by atoms with Crippen LogP contribution in [0.25, 0.3) is 0 Å². The third-order valence-corrected chi connectivity index (χ3v) is 5.37. The van der Waals surface area contributed by atoms with E-state index in [9.17, 15) is 0 Å². The van der Waals surface area contributed by atoms with Crippen LogP contribution >= 0.6 is 11.3 Å². The van der Waals surface area contributed by atoms with Gasteiger partial charge in [-0.25, -0.2) is 4.98 Å². The van der Waals surface area contributed by atoms with Gasteiger partial charge in [-0.15, -0.1) is 11.3 Å². The van der Waals surface area contributed by atoms with Crippen molar-refractivity contribution in [2.75, 3.05) is 26.2 Å². The molecule has 3 rings (SSSR count). The van der Waals surface area contributed by atoms with E-state index in [0.29, 0.717) is 6.04 Å². The fraction of sp³-hybridized carbons (Fsp3) is 0.786. The Bertz CT molecular complexity index is 403. The summed E-state index contributed by atoms with van der Waals surface area (Å²) in [5.41, 5.74) is 1.17. The van der Waals surface area contributed by atoms with Gasteiger partial charge in [0.05, 0.1) is 5.01 Å². The summed E-state index contributed by atoms with van der Waals surface area (Å²) in [6.45, 7) is 9.50. The molecule has 0 aliphatic carbocycles. The Hall–Kier alpha value is -0.450. The van der Waals surface area contributed by atoms with Crippen molar-refractivity contribution >= 4 is 11.3 Å². The Morgan fingerprint density at radius 3 is 3.11 bits per heavy atom. The van der Waals surface area contributed by atoms with Gasteiger partial charge >= 0.3 is 0 Å². The Morgan fingerprint density at radius 2 is 2.33 bits per heavy atom. The number of piperazine rings is 1. The number of hydrogen-bond acceptors (Lipinski definition) is 4.